The predicted octanol–water partition coefficient (Wildman–Crippen LogP) is 1.33. The molecule has 1 saturated carbocycles. The Balaban J connectivity index is 1.89. The predicted molar refractivity (Wildman–Crippen MR) is 79.7 cm³/mol. The van der Waals surface area contributed by atoms with Crippen LogP contribution < -0.4 is 4.72 Å². The fourth-order valence-corrected chi connectivity index (χ4v) is 3.20. The van der Waals surface area contributed by atoms with E-state index < -0.39 is 28.6 Å². The van der Waals surface area contributed by atoms with Gasteiger partial charge in [0.15, 0.2) is 11.9 Å². The van der Waals surface area contributed by atoms with E-state index in [-0.39, 0.29) is 10.7 Å². The number of aryl methyl sites for hydroxylation is 1. The van der Waals surface area contributed by atoms with E-state index in [0.29, 0.717) is 12.8 Å². The van der Waals surface area contributed by atoms with Crippen LogP contribution in [0, 0.1) is 6.92 Å². The molecule has 0 radical (unpaired) electrons. The third kappa shape index (κ3) is 4.38. The summed E-state index contributed by atoms with van der Waals surface area (Å²) >= 11 is 0. The van der Waals surface area contributed by atoms with Crippen molar-refractivity contribution in [2.45, 2.75) is 43.6 Å². The van der Waals surface area contributed by atoms with Crippen molar-refractivity contribution in [2.75, 3.05) is 6.54 Å². The summed E-state index contributed by atoms with van der Waals surface area (Å²) < 4.78 is 31.3. The number of sulfonamides is 1. The average Bonchev–Trinajstić information content (AvgIpc) is 2.48. The molecule has 0 unspecified atom stereocenters. The number of hydrogen-bond acceptors (Lipinski definition) is 5. The second-order valence-corrected chi connectivity index (χ2v) is 7.10. The first-order valence-electron chi connectivity index (χ1n) is 7.17. The van der Waals surface area contributed by atoms with E-state index in [0.717, 1.165) is 18.4 Å². The SMILES string of the molecule is Cc1ccc(S(=O)(=O)NCC(=O)O[C@@H]2CCCCC2=O)cc1. The van der Waals surface area contributed by atoms with Crippen LogP contribution in [0.5, 0.6) is 0 Å². The highest BCUT2D eigenvalue weighted by Gasteiger charge is 2.26. The third-order valence-electron chi connectivity index (χ3n) is 3.51. The van der Waals surface area contributed by atoms with Gasteiger partial charge in [0, 0.05) is 6.42 Å². The van der Waals surface area contributed by atoms with E-state index in [4.69, 9.17) is 4.74 Å². The van der Waals surface area contributed by atoms with Gasteiger partial charge in [-0.15, -0.1) is 0 Å². The van der Waals surface area contributed by atoms with Gasteiger partial charge in [-0.1, -0.05) is 17.7 Å². The molecule has 6 nitrogen and oxygen atoms in total. The lowest BCUT2D eigenvalue weighted by Gasteiger charge is -2.20. The van der Waals surface area contributed by atoms with E-state index in [2.05, 4.69) is 4.72 Å². The van der Waals surface area contributed by atoms with Crippen molar-refractivity contribution in [3.8, 4) is 0 Å². The Labute approximate surface area is 129 Å². The van der Waals surface area contributed by atoms with Crippen LogP contribution in [0.1, 0.15) is 31.2 Å². The summed E-state index contributed by atoms with van der Waals surface area (Å²) in [6.07, 6.45) is 1.83. The molecule has 1 aromatic carbocycles. The molecule has 1 fully saturated rings. The molecule has 2 rings (SSSR count). The minimum absolute atomic E-state index is 0.0830. The monoisotopic (exact) mass is 325 g/mol. The lowest BCUT2D eigenvalue weighted by atomic mass is 9.96. The number of esters is 1. The first kappa shape index (κ1) is 16.6. The van der Waals surface area contributed by atoms with Crippen LogP contribution in [0.4, 0.5) is 0 Å². The molecule has 22 heavy (non-hydrogen) atoms. The van der Waals surface area contributed by atoms with Gasteiger partial charge in [0.25, 0.3) is 0 Å². The zero-order valence-corrected chi connectivity index (χ0v) is 13.2. The van der Waals surface area contributed by atoms with Gasteiger partial charge in [-0.2, -0.15) is 4.72 Å². The summed E-state index contributed by atoms with van der Waals surface area (Å²) in [7, 11) is -3.76. The highest BCUT2D eigenvalue weighted by molar-refractivity contribution is 7.89. The van der Waals surface area contributed by atoms with E-state index in [1.54, 1.807) is 12.1 Å². The van der Waals surface area contributed by atoms with Gasteiger partial charge in [0.2, 0.25) is 10.0 Å². The van der Waals surface area contributed by atoms with Gasteiger partial charge < -0.3 is 4.74 Å². The third-order valence-corrected chi connectivity index (χ3v) is 4.93. The minimum Gasteiger partial charge on any atom is -0.453 e. The van der Waals surface area contributed by atoms with Gasteiger partial charge in [0.1, 0.15) is 6.54 Å². The lowest BCUT2D eigenvalue weighted by Crippen LogP contribution is -2.36. The van der Waals surface area contributed by atoms with Crippen LogP contribution in [0.3, 0.4) is 0 Å². The number of nitrogens with one attached hydrogen (secondary N) is 1. The number of rotatable bonds is 5. The van der Waals surface area contributed by atoms with Gasteiger partial charge in [-0.05, 0) is 38.3 Å². The van der Waals surface area contributed by atoms with Crippen molar-refractivity contribution in [2.24, 2.45) is 0 Å². The molecule has 0 saturated heterocycles. The summed E-state index contributed by atoms with van der Waals surface area (Å²) in [5.74, 6) is -0.836. The highest BCUT2D eigenvalue weighted by atomic mass is 32.2. The number of hydrogen-bond donors (Lipinski definition) is 1. The molecule has 7 heteroatoms. The number of benzene rings is 1. The van der Waals surface area contributed by atoms with Gasteiger partial charge in [-0.3, -0.25) is 9.59 Å². The van der Waals surface area contributed by atoms with Crippen LogP contribution in [-0.2, 0) is 24.3 Å². The largest absolute Gasteiger partial charge is 0.453 e. The second-order valence-electron chi connectivity index (χ2n) is 5.33. The molecule has 1 aliphatic carbocycles. The maximum atomic E-state index is 12.0. The number of Topliss-reactive ketones (excluding diaryl/α,β-unsaturated/α-hetero) is 1. The summed E-state index contributed by atoms with van der Waals surface area (Å²) in [6, 6.07) is 6.28. The normalized spacial score (nSPS) is 19.0. The van der Waals surface area contributed by atoms with Crippen LogP contribution in [0.2, 0.25) is 0 Å². The van der Waals surface area contributed by atoms with Crippen LogP contribution in [0.25, 0.3) is 0 Å². The Bertz CT molecular complexity index is 651. The molecule has 1 N–H and O–H groups in total. The summed E-state index contributed by atoms with van der Waals surface area (Å²) in [5.41, 5.74) is 0.939. The molecular formula is C15H19NO5S. The summed E-state index contributed by atoms with van der Waals surface area (Å²) in [4.78, 5) is 23.3. The molecule has 120 valence electrons. The Morgan fingerprint density at radius 2 is 1.95 bits per heavy atom. The zero-order chi connectivity index (χ0) is 16.2. The Kier molecular flexibility index (Phi) is 5.31. The number of carbonyl (C=O) groups excluding carboxylic acids is 2. The molecule has 0 bridgehead atoms. The highest BCUT2D eigenvalue weighted by Crippen LogP contribution is 2.17. The molecule has 0 aliphatic heterocycles. The summed E-state index contributed by atoms with van der Waals surface area (Å²) in [6.45, 7) is 1.36. The smallest absolute Gasteiger partial charge is 0.321 e. The molecule has 0 amide bonds. The van der Waals surface area contributed by atoms with E-state index in [9.17, 15) is 18.0 Å². The van der Waals surface area contributed by atoms with E-state index in [1.165, 1.54) is 12.1 Å². The van der Waals surface area contributed by atoms with Crippen molar-refractivity contribution in [3.63, 3.8) is 0 Å². The van der Waals surface area contributed by atoms with Crippen molar-refractivity contribution in [1.82, 2.24) is 4.72 Å². The zero-order valence-electron chi connectivity index (χ0n) is 12.4. The molecule has 0 heterocycles. The topological polar surface area (TPSA) is 89.5 Å². The van der Waals surface area contributed by atoms with Crippen molar-refractivity contribution >= 4 is 21.8 Å². The van der Waals surface area contributed by atoms with Gasteiger partial charge >= 0.3 is 5.97 Å². The Morgan fingerprint density at radius 1 is 1.27 bits per heavy atom. The first-order chi connectivity index (χ1) is 10.4. The van der Waals surface area contributed by atoms with Gasteiger partial charge in [0.05, 0.1) is 4.90 Å². The fourth-order valence-electron chi connectivity index (χ4n) is 2.23. The maximum absolute atomic E-state index is 12.0. The maximum Gasteiger partial charge on any atom is 0.321 e. The lowest BCUT2D eigenvalue weighted by molar-refractivity contribution is -0.155. The van der Waals surface area contributed by atoms with E-state index >= 15 is 0 Å². The van der Waals surface area contributed by atoms with Crippen LogP contribution >= 0.6 is 0 Å². The number of carbonyl (C=O) groups is 2. The Hall–Kier alpha value is -1.73. The molecule has 1 aromatic rings. The molecule has 0 aromatic heterocycles. The van der Waals surface area contributed by atoms with Crippen molar-refractivity contribution in [1.29, 1.82) is 0 Å². The number of ketones is 1. The van der Waals surface area contributed by atoms with Crippen LogP contribution in [-0.4, -0.2) is 32.8 Å². The van der Waals surface area contributed by atoms with Crippen molar-refractivity contribution < 1.29 is 22.7 Å². The molecule has 1 atom stereocenters. The fraction of sp³-hybridized carbons (Fsp3) is 0.467. The second kappa shape index (κ2) is 7.02. The van der Waals surface area contributed by atoms with Crippen LogP contribution in [0.15, 0.2) is 29.2 Å². The van der Waals surface area contributed by atoms with Gasteiger partial charge in [-0.25, -0.2) is 8.42 Å². The number of ether oxygens (including phenoxy) is 1. The standard InChI is InChI=1S/C15H19NO5S/c1-11-6-8-12(9-7-11)22(19,20)16-10-15(18)21-14-5-3-2-4-13(14)17/h6-9,14,16H,2-5,10H2,1H3/t14-/m1/s1. The minimum atomic E-state index is -3.76. The quantitative estimate of drug-likeness (QED) is 0.825. The first-order valence-corrected chi connectivity index (χ1v) is 8.65. The molecule has 0 spiro atoms. The molecule has 1 aliphatic rings. The Morgan fingerprint density at radius 3 is 2.59 bits per heavy atom. The van der Waals surface area contributed by atoms with Crippen molar-refractivity contribution in [3.05, 3.63) is 29.8 Å². The summed E-state index contributed by atoms with van der Waals surface area (Å²) in [5, 5.41) is 0. The molecular weight excluding hydrogens is 306 g/mol. The average molecular weight is 325 g/mol. The van der Waals surface area contributed by atoms with E-state index in [1.807, 2.05) is 6.92 Å².